The highest BCUT2D eigenvalue weighted by Gasteiger charge is 2.35. The summed E-state index contributed by atoms with van der Waals surface area (Å²) >= 11 is 1.45. The predicted molar refractivity (Wildman–Crippen MR) is 72.4 cm³/mol. The largest absolute Gasteiger partial charge is 0.377 e. The van der Waals surface area contributed by atoms with Crippen molar-refractivity contribution in [2.24, 2.45) is 5.41 Å². The third kappa shape index (κ3) is 2.60. The van der Waals surface area contributed by atoms with Gasteiger partial charge in [0.15, 0.2) is 0 Å². The van der Waals surface area contributed by atoms with Crippen LogP contribution in [0.4, 0.5) is 5.00 Å². The van der Waals surface area contributed by atoms with Gasteiger partial charge in [-0.05, 0) is 31.2 Å². The molecule has 0 saturated carbocycles. The number of likely N-dealkylation sites (tertiary alicyclic amines) is 1. The lowest BCUT2D eigenvalue weighted by atomic mass is 9.82. The van der Waals surface area contributed by atoms with E-state index in [0.717, 1.165) is 17.2 Å². The maximum Gasteiger partial charge on any atom is 0.134 e. The van der Waals surface area contributed by atoms with Crippen molar-refractivity contribution < 1.29 is 0 Å². The van der Waals surface area contributed by atoms with Crippen LogP contribution < -0.4 is 5.32 Å². The molecule has 5 heteroatoms. The van der Waals surface area contributed by atoms with Gasteiger partial charge < -0.3 is 5.32 Å². The van der Waals surface area contributed by atoms with Crippen LogP contribution in [0.25, 0.3) is 0 Å². The fourth-order valence-electron chi connectivity index (χ4n) is 2.70. The van der Waals surface area contributed by atoms with Crippen LogP contribution in [0.1, 0.15) is 38.8 Å². The van der Waals surface area contributed by atoms with Crippen molar-refractivity contribution in [1.29, 1.82) is 0 Å². The number of anilines is 1. The van der Waals surface area contributed by atoms with Gasteiger partial charge in [0.2, 0.25) is 0 Å². The molecule has 1 aliphatic rings. The first kappa shape index (κ1) is 12.8. The summed E-state index contributed by atoms with van der Waals surface area (Å²) in [4.78, 5) is 2.52. The van der Waals surface area contributed by atoms with E-state index in [1.807, 2.05) is 7.05 Å². The molecule has 1 aromatic rings. The normalized spacial score (nSPS) is 19.7. The van der Waals surface area contributed by atoms with Gasteiger partial charge in [-0.2, -0.15) is 0 Å². The Morgan fingerprint density at radius 1 is 1.41 bits per heavy atom. The molecule has 4 nitrogen and oxygen atoms in total. The van der Waals surface area contributed by atoms with Gasteiger partial charge in [-0.1, -0.05) is 18.3 Å². The van der Waals surface area contributed by atoms with Crippen molar-refractivity contribution in [2.75, 3.05) is 25.5 Å². The number of nitrogens with one attached hydrogen (secondary N) is 1. The molecule has 1 aliphatic heterocycles. The predicted octanol–water partition coefficient (Wildman–Crippen LogP) is 2.59. The second kappa shape index (κ2) is 5.31. The van der Waals surface area contributed by atoms with Crippen LogP contribution in [0.2, 0.25) is 0 Å². The van der Waals surface area contributed by atoms with Crippen LogP contribution in [0.15, 0.2) is 0 Å². The molecular weight excluding hydrogens is 232 g/mol. The second-order valence-electron chi connectivity index (χ2n) is 4.97. The van der Waals surface area contributed by atoms with Crippen LogP contribution in [0, 0.1) is 5.41 Å². The Hall–Kier alpha value is -0.680. The molecule has 1 N–H and O–H groups in total. The Morgan fingerprint density at radius 3 is 2.76 bits per heavy atom. The molecule has 1 saturated heterocycles. The third-order valence-corrected chi connectivity index (χ3v) is 4.96. The summed E-state index contributed by atoms with van der Waals surface area (Å²) in [7, 11) is 1.94. The first-order chi connectivity index (χ1) is 8.23. The molecule has 2 heterocycles. The van der Waals surface area contributed by atoms with Crippen LogP contribution in [-0.2, 0) is 6.54 Å². The summed E-state index contributed by atoms with van der Waals surface area (Å²) in [5.41, 5.74) is 1.64. The molecule has 1 fully saturated rings. The van der Waals surface area contributed by atoms with E-state index in [4.69, 9.17) is 0 Å². The molecule has 0 radical (unpaired) electrons. The molecule has 0 bridgehead atoms. The van der Waals surface area contributed by atoms with Gasteiger partial charge in [0.1, 0.15) is 10.7 Å². The zero-order valence-electron chi connectivity index (χ0n) is 11.0. The fourth-order valence-corrected chi connectivity index (χ4v) is 3.23. The third-order valence-electron chi connectivity index (χ3n) is 4.17. The Morgan fingerprint density at radius 2 is 2.18 bits per heavy atom. The first-order valence-electron chi connectivity index (χ1n) is 6.44. The monoisotopic (exact) mass is 254 g/mol. The molecule has 0 atom stereocenters. The summed E-state index contributed by atoms with van der Waals surface area (Å²) in [5.74, 6) is 0. The number of hydrogen-bond donors (Lipinski definition) is 1. The van der Waals surface area contributed by atoms with Crippen molar-refractivity contribution in [2.45, 2.75) is 39.7 Å². The molecule has 2 rings (SSSR count). The molecule has 0 amide bonds. The summed E-state index contributed by atoms with van der Waals surface area (Å²) in [6, 6.07) is 0. The maximum atomic E-state index is 4.21. The highest BCUT2D eigenvalue weighted by atomic mass is 32.1. The standard InChI is InChI=1S/C12H22N4S/c1-4-12(5-2)6-7-16(9-12)8-10-11(13-3)17-15-14-10/h13H,4-9H2,1-3H3. The van der Waals surface area contributed by atoms with Crippen molar-refractivity contribution in [1.82, 2.24) is 14.5 Å². The Bertz CT molecular complexity index is 359. The average Bonchev–Trinajstić information content (AvgIpc) is 2.97. The van der Waals surface area contributed by atoms with E-state index in [0.29, 0.717) is 5.41 Å². The molecule has 1 aromatic heterocycles. The van der Waals surface area contributed by atoms with E-state index in [2.05, 4.69) is 33.7 Å². The van der Waals surface area contributed by atoms with Crippen LogP contribution in [0.5, 0.6) is 0 Å². The molecule has 0 aromatic carbocycles. The minimum Gasteiger partial charge on any atom is -0.377 e. The summed E-state index contributed by atoms with van der Waals surface area (Å²) in [5, 5.41) is 8.49. The van der Waals surface area contributed by atoms with Crippen molar-refractivity contribution >= 4 is 16.5 Å². The van der Waals surface area contributed by atoms with Gasteiger partial charge in [-0.3, -0.25) is 4.90 Å². The molecule has 17 heavy (non-hydrogen) atoms. The molecule has 96 valence electrons. The van der Waals surface area contributed by atoms with E-state index in [-0.39, 0.29) is 0 Å². The van der Waals surface area contributed by atoms with E-state index in [9.17, 15) is 0 Å². The Balaban J connectivity index is 1.98. The Labute approximate surface area is 108 Å². The lowest BCUT2D eigenvalue weighted by Gasteiger charge is -2.26. The van der Waals surface area contributed by atoms with E-state index in [1.165, 1.54) is 43.9 Å². The lowest BCUT2D eigenvalue weighted by Crippen LogP contribution is -2.26. The first-order valence-corrected chi connectivity index (χ1v) is 7.21. The van der Waals surface area contributed by atoms with Gasteiger partial charge in [-0.25, -0.2) is 0 Å². The lowest BCUT2D eigenvalue weighted by molar-refractivity contribution is 0.235. The molecule has 0 unspecified atom stereocenters. The maximum absolute atomic E-state index is 4.21. The van der Waals surface area contributed by atoms with Crippen LogP contribution in [-0.4, -0.2) is 34.6 Å². The minimum atomic E-state index is 0.545. The minimum absolute atomic E-state index is 0.545. The average molecular weight is 254 g/mol. The van der Waals surface area contributed by atoms with Crippen molar-refractivity contribution in [3.05, 3.63) is 5.69 Å². The van der Waals surface area contributed by atoms with Gasteiger partial charge in [0, 0.05) is 31.7 Å². The molecule has 0 spiro atoms. The molecular formula is C12H22N4S. The number of aromatic nitrogens is 2. The van der Waals surface area contributed by atoms with Crippen molar-refractivity contribution in [3.8, 4) is 0 Å². The molecule has 0 aliphatic carbocycles. The fraction of sp³-hybridized carbons (Fsp3) is 0.833. The summed E-state index contributed by atoms with van der Waals surface area (Å²) < 4.78 is 4.01. The summed E-state index contributed by atoms with van der Waals surface area (Å²) in [6.07, 6.45) is 3.90. The summed E-state index contributed by atoms with van der Waals surface area (Å²) in [6.45, 7) is 7.98. The number of hydrogen-bond acceptors (Lipinski definition) is 5. The van der Waals surface area contributed by atoms with Crippen LogP contribution >= 0.6 is 11.5 Å². The van der Waals surface area contributed by atoms with E-state index in [1.54, 1.807) is 0 Å². The van der Waals surface area contributed by atoms with Gasteiger partial charge in [0.05, 0.1) is 0 Å². The zero-order chi connectivity index (χ0) is 12.3. The highest BCUT2D eigenvalue weighted by Crippen LogP contribution is 2.37. The highest BCUT2D eigenvalue weighted by molar-refractivity contribution is 7.10. The van der Waals surface area contributed by atoms with Gasteiger partial charge in [-0.15, -0.1) is 5.10 Å². The van der Waals surface area contributed by atoms with Crippen LogP contribution in [0.3, 0.4) is 0 Å². The topological polar surface area (TPSA) is 41.1 Å². The quantitative estimate of drug-likeness (QED) is 0.877. The van der Waals surface area contributed by atoms with Gasteiger partial charge in [0.25, 0.3) is 0 Å². The smallest absolute Gasteiger partial charge is 0.134 e. The zero-order valence-corrected chi connectivity index (χ0v) is 11.8. The van der Waals surface area contributed by atoms with E-state index >= 15 is 0 Å². The number of nitrogens with zero attached hydrogens (tertiary/aromatic N) is 3. The van der Waals surface area contributed by atoms with Gasteiger partial charge >= 0.3 is 0 Å². The van der Waals surface area contributed by atoms with Crippen molar-refractivity contribution in [3.63, 3.8) is 0 Å². The second-order valence-corrected chi connectivity index (χ2v) is 5.72. The Kier molecular flexibility index (Phi) is 3.99. The number of rotatable bonds is 5. The SMILES string of the molecule is CCC1(CC)CCN(Cc2nnsc2NC)C1. The van der Waals surface area contributed by atoms with E-state index < -0.39 is 0 Å².